The summed E-state index contributed by atoms with van der Waals surface area (Å²) in [4.78, 5) is 11.7. The summed E-state index contributed by atoms with van der Waals surface area (Å²) in [6, 6.07) is 0.786. The molecule has 0 bridgehead atoms. The Labute approximate surface area is 139 Å². The number of ether oxygens (including phenoxy) is 1. The molecule has 10 heteroatoms. The van der Waals surface area contributed by atoms with E-state index in [0.29, 0.717) is 0 Å². The van der Waals surface area contributed by atoms with Crippen LogP contribution in [0.2, 0.25) is 5.02 Å². The van der Waals surface area contributed by atoms with Gasteiger partial charge < -0.3 is 4.74 Å². The van der Waals surface area contributed by atoms with Gasteiger partial charge in [0.25, 0.3) is 0 Å². The van der Waals surface area contributed by atoms with Crippen LogP contribution in [0, 0.1) is 0 Å². The van der Waals surface area contributed by atoms with Crippen LogP contribution in [0.5, 0.6) is 0 Å². The molecule has 0 aliphatic heterocycles. The molecule has 5 nitrogen and oxygen atoms in total. The Kier molecular flexibility index (Phi) is 4.81. The molecule has 0 spiro atoms. The van der Waals surface area contributed by atoms with Crippen molar-refractivity contribution in [2.75, 3.05) is 5.75 Å². The number of nitrogens with zero attached hydrogens (tertiary/aromatic N) is 3. The minimum Gasteiger partial charge on any atom is -0.459 e. The first kappa shape index (κ1) is 17.9. The summed E-state index contributed by atoms with van der Waals surface area (Å²) in [5.41, 5.74) is -1.47. The summed E-state index contributed by atoms with van der Waals surface area (Å²) < 4.78 is 44.8. The predicted molar refractivity (Wildman–Crippen MR) is 79.6 cm³/mol. The third-order valence-corrected chi connectivity index (χ3v) is 3.69. The van der Waals surface area contributed by atoms with Gasteiger partial charge in [-0.25, -0.2) is 0 Å². The van der Waals surface area contributed by atoms with Gasteiger partial charge in [0, 0.05) is 6.20 Å². The van der Waals surface area contributed by atoms with Gasteiger partial charge in [0.2, 0.25) is 0 Å². The van der Waals surface area contributed by atoms with E-state index in [0.717, 1.165) is 28.4 Å². The Bertz CT molecular complexity index is 740. The number of thioether (sulfide) groups is 1. The third-order valence-electron chi connectivity index (χ3n) is 2.50. The van der Waals surface area contributed by atoms with Gasteiger partial charge in [-0.3, -0.25) is 9.20 Å². The highest BCUT2D eigenvalue weighted by Gasteiger charge is 2.32. The zero-order valence-electron chi connectivity index (χ0n) is 12.4. The molecule has 2 rings (SSSR count). The molecular formula is C13H13ClF3N3O2S. The molecule has 0 radical (unpaired) electrons. The van der Waals surface area contributed by atoms with Gasteiger partial charge in [-0.05, 0) is 26.8 Å². The zero-order chi connectivity index (χ0) is 17.4. The second-order valence-corrected chi connectivity index (χ2v) is 6.98. The fourth-order valence-electron chi connectivity index (χ4n) is 1.68. The standard InChI is InChI=1S/C13H13ClF3N3O2S/c1-12(2,3)22-9(21)6-23-11-19-18-10-8(14)4-7(5-20(10)11)13(15,16)17/h4-5H,6H2,1-3H3. The molecule has 0 aromatic carbocycles. The lowest BCUT2D eigenvalue weighted by Crippen LogP contribution is -2.25. The van der Waals surface area contributed by atoms with Gasteiger partial charge in [-0.2, -0.15) is 13.2 Å². The van der Waals surface area contributed by atoms with Crippen molar-refractivity contribution in [1.29, 1.82) is 0 Å². The van der Waals surface area contributed by atoms with E-state index >= 15 is 0 Å². The largest absolute Gasteiger partial charge is 0.459 e. The minimum atomic E-state index is -4.55. The number of alkyl halides is 3. The first-order valence-electron chi connectivity index (χ1n) is 6.43. The fourth-order valence-corrected chi connectivity index (χ4v) is 2.61. The molecule has 126 valence electrons. The van der Waals surface area contributed by atoms with E-state index in [1.807, 2.05) is 0 Å². The Morgan fingerprint density at radius 3 is 2.57 bits per heavy atom. The Balaban J connectivity index is 2.25. The van der Waals surface area contributed by atoms with Crippen LogP contribution < -0.4 is 0 Å². The molecule has 0 aliphatic rings. The number of hydrogen-bond acceptors (Lipinski definition) is 5. The van der Waals surface area contributed by atoms with Crippen molar-refractivity contribution in [3.63, 3.8) is 0 Å². The lowest BCUT2D eigenvalue weighted by molar-refractivity contribution is -0.151. The third kappa shape index (κ3) is 4.51. The van der Waals surface area contributed by atoms with Crippen molar-refractivity contribution in [1.82, 2.24) is 14.6 Å². The molecule has 0 fully saturated rings. The minimum absolute atomic E-state index is 0.0892. The second-order valence-electron chi connectivity index (χ2n) is 5.63. The number of rotatable bonds is 3. The van der Waals surface area contributed by atoms with Gasteiger partial charge in [-0.15, -0.1) is 10.2 Å². The first-order valence-corrected chi connectivity index (χ1v) is 7.80. The number of carbonyl (C=O) groups excluding carboxylic acids is 1. The zero-order valence-corrected chi connectivity index (χ0v) is 14.0. The topological polar surface area (TPSA) is 56.5 Å². The average molecular weight is 368 g/mol. The molecule has 0 unspecified atom stereocenters. The van der Waals surface area contributed by atoms with E-state index in [1.54, 1.807) is 20.8 Å². The molecule has 2 aromatic rings. The van der Waals surface area contributed by atoms with Gasteiger partial charge in [0.1, 0.15) is 5.60 Å². The molecule has 0 N–H and O–H groups in total. The predicted octanol–water partition coefficient (Wildman–Crippen LogP) is 3.84. The van der Waals surface area contributed by atoms with E-state index in [9.17, 15) is 18.0 Å². The summed E-state index contributed by atoms with van der Waals surface area (Å²) >= 11 is 6.73. The highest BCUT2D eigenvalue weighted by molar-refractivity contribution is 7.99. The number of carbonyl (C=O) groups is 1. The molecule has 0 atom stereocenters. The van der Waals surface area contributed by atoms with Crippen molar-refractivity contribution < 1.29 is 22.7 Å². The summed E-state index contributed by atoms with van der Waals surface area (Å²) in [5, 5.41) is 7.45. The molecule has 0 aliphatic carbocycles. The highest BCUT2D eigenvalue weighted by Crippen LogP contribution is 2.33. The number of esters is 1. The Morgan fingerprint density at radius 1 is 1.35 bits per heavy atom. The van der Waals surface area contributed by atoms with E-state index < -0.39 is 23.3 Å². The van der Waals surface area contributed by atoms with Crippen LogP contribution in [0.3, 0.4) is 0 Å². The number of pyridine rings is 1. The van der Waals surface area contributed by atoms with Crippen molar-refractivity contribution >= 4 is 35.0 Å². The summed E-state index contributed by atoms with van der Waals surface area (Å²) in [7, 11) is 0. The van der Waals surface area contributed by atoms with Crippen LogP contribution >= 0.6 is 23.4 Å². The molecular weight excluding hydrogens is 355 g/mol. The van der Waals surface area contributed by atoms with Crippen molar-refractivity contribution in [3.8, 4) is 0 Å². The van der Waals surface area contributed by atoms with Crippen LogP contribution in [-0.4, -0.2) is 31.9 Å². The van der Waals surface area contributed by atoms with Crippen molar-refractivity contribution in [2.45, 2.75) is 37.7 Å². The number of hydrogen-bond donors (Lipinski definition) is 0. The molecule has 23 heavy (non-hydrogen) atoms. The maximum atomic E-state index is 12.8. The van der Waals surface area contributed by atoms with Crippen molar-refractivity contribution in [2.24, 2.45) is 0 Å². The number of fused-ring (bicyclic) bond motifs is 1. The summed E-state index contributed by atoms with van der Waals surface area (Å²) in [6.07, 6.45) is -3.70. The van der Waals surface area contributed by atoms with E-state index in [4.69, 9.17) is 16.3 Å². The summed E-state index contributed by atoms with van der Waals surface area (Å²) in [6.45, 7) is 5.16. The molecule has 2 aromatic heterocycles. The van der Waals surface area contributed by atoms with E-state index in [1.165, 1.54) is 0 Å². The van der Waals surface area contributed by atoms with Gasteiger partial charge in [0.15, 0.2) is 10.8 Å². The lowest BCUT2D eigenvalue weighted by atomic mass is 10.2. The van der Waals surface area contributed by atoms with Crippen LogP contribution in [0.25, 0.3) is 5.65 Å². The Morgan fingerprint density at radius 2 is 2.00 bits per heavy atom. The fraction of sp³-hybridized carbons (Fsp3) is 0.462. The van der Waals surface area contributed by atoms with Gasteiger partial charge in [-0.1, -0.05) is 23.4 Å². The normalized spacial score (nSPS) is 12.7. The SMILES string of the molecule is CC(C)(C)OC(=O)CSc1nnc2c(Cl)cc(C(F)(F)F)cn12. The molecule has 0 amide bonds. The monoisotopic (exact) mass is 367 g/mol. The first-order chi connectivity index (χ1) is 10.5. The van der Waals surface area contributed by atoms with Crippen molar-refractivity contribution in [3.05, 3.63) is 22.8 Å². The maximum Gasteiger partial charge on any atom is 0.417 e. The van der Waals surface area contributed by atoms with E-state index in [-0.39, 0.29) is 21.6 Å². The smallest absolute Gasteiger partial charge is 0.417 e. The molecule has 0 saturated carbocycles. The van der Waals surface area contributed by atoms with E-state index in [2.05, 4.69) is 10.2 Å². The Hall–Kier alpha value is -1.48. The average Bonchev–Trinajstić information content (AvgIpc) is 2.77. The van der Waals surface area contributed by atoms with Crippen LogP contribution in [0.1, 0.15) is 26.3 Å². The lowest BCUT2D eigenvalue weighted by Gasteiger charge is -2.19. The van der Waals surface area contributed by atoms with Crippen LogP contribution in [0.4, 0.5) is 13.2 Å². The van der Waals surface area contributed by atoms with Gasteiger partial charge in [0.05, 0.1) is 16.3 Å². The van der Waals surface area contributed by atoms with Crippen LogP contribution in [-0.2, 0) is 15.7 Å². The van der Waals surface area contributed by atoms with Crippen LogP contribution in [0.15, 0.2) is 17.4 Å². The number of aromatic nitrogens is 3. The summed E-state index contributed by atoms with van der Waals surface area (Å²) in [5.74, 6) is -0.608. The second kappa shape index (κ2) is 6.20. The quantitative estimate of drug-likeness (QED) is 0.609. The van der Waals surface area contributed by atoms with Gasteiger partial charge >= 0.3 is 12.1 Å². The molecule has 2 heterocycles. The molecule has 0 saturated heterocycles. The highest BCUT2D eigenvalue weighted by atomic mass is 35.5. The number of halogens is 4. The maximum absolute atomic E-state index is 12.8.